The van der Waals surface area contributed by atoms with Gasteiger partial charge in [-0.3, -0.25) is 0 Å². The van der Waals surface area contributed by atoms with Crippen molar-refractivity contribution in [3.8, 4) is 0 Å². The van der Waals surface area contributed by atoms with Crippen LogP contribution < -0.4 is 5.32 Å². The number of rotatable bonds is 3. The van der Waals surface area contributed by atoms with E-state index in [0.29, 0.717) is 6.04 Å². The highest BCUT2D eigenvalue weighted by molar-refractivity contribution is 5.09. The van der Waals surface area contributed by atoms with E-state index in [1.807, 2.05) is 6.20 Å². The van der Waals surface area contributed by atoms with Crippen molar-refractivity contribution in [1.29, 1.82) is 0 Å². The Bertz CT molecular complexity index is 335. The van der Waals surface area contributed by atoms with Gasteiger partial charge in [0.2, 0.25) is 0 Å². The molecule has 2 N–H and O–H groups in total. The van der Waals surface area contributed by atoms with Gasteiger partial charge in [-0.2, -0.15) is 0 Å². The highest BCUT2D eigenvalue weighted by Crippen LogP contribution is 2.34. The molecule has 0 bridgehead atoms. The van der Waals surface area contributed by atoms with Crippen LogP contribution in [0.2, 0.25) is 0 Å². The van der Waals surface area contributed by atoms with Crippen molar-refractivity contribution in [3.05, 3.63) is 17.7 Å². The van der Waals surface area contributed by atoms with Crippen molar-refractivity contribution in [2.24, 2.45) is 0 Å². The normalized spacial score (nSPS) is 26.6. The van der Waals surface area contributed by atoms with E-state index in [9.17, 15) is 0 Å². The summed E-state index contributed by atoms with van der Waals surface area (Å²) in [5.41, 5.74) is 1.32. The Kier molecular flexibility index (Phi) is 2.96. The van der Waals surface area contributed by atoms with E-state index in [0.717, 1.165) is 12.3 Å². The topological polar surface area (TPSA) is 40.7 Å². The molecule has 1 aliphatic heterocycles. The first-order valence-corrected chi connectivity index (χ1v) is 6.69. The minimum atomic E-state index is 0.670. The van der Waals surface area contributed by atoms with Crippen LogP contribution in [0.25, 0.3) is 0 Å². The van der Waals surface area contributed by atoms with Crippen molar-refractivity contribution in [2.45, 2.75) is 56.9 Å². The average molecular weight is 219 g/mol. The minimum Gasteiger partial charge on any atom is -0.346 e. The van der Waals surface area contributed by atoms with Gasteiger partial charge in [-0.15, -0.1) is 0 Å². The van der Waals surface area contributed by atoms with Crippen LogP contribution >= 0.6 is 0 Å². The van der Waals surface area contributed by atoms with Gasteiger partial charge in [0.05, 0.1) is 0 Å². The SMILES string of the molecule is c1nc(C2CCC2)[nH]c1CC1CCCCN1. The fraction of sp³-hybridized carbons (Fsp3) is 0.769. The van der Waals surface area contributed by atoms with E-state index in [2.05, 4.69) is 15.3 Å². The van der Waals surface area contributed by atoms with Crippen LogP contribution in [-0.2, 0) is 6.42 Å². The number of nitrogens with one attached hydrogen (secondary N) is 2. The van der Waals surface area contributed by atoms with Gasteiger partial charge in [-0.05, 0) is 32.2 Å². The molecule has 1 aromatic rings. The number of H-pyrrole nitrogens is 1. The third-order valence-electron chi connectivity index (χ3n) is 4.02. The summed E-state index contributed by atoms with van der Waals surface area (Å²) < 4.78 is 0. The van der Waals surface area contributed by atoms with E-state index < -0.39 is 0 Å². The van der Waals surface area contributed by atoms with E-state index in [1.54, 1.807) is 0 Å². The first-order valence-electron chi connectivity index (χ1n) is 6.69. The van der Waals surface area contributed by atoms with Crippen LogP contribution in [0.5, 0.6) is 0 Å². The Balaban J connectivity index is 1.58. The number of hydrogen-bond donors (Lipinski definition) is 2. The lowest BCUT2D eigenvalue weighted by Crippen LogP contribution is -2.35. The molecule has 88 valence electrons. The van der Waals surface area contributed by atoms with Crippen LogP contribution in [-0.4, -0.2) is 22.6 Å². The van der Waals surface area contributed by atoms with Crippen LogP contribution in [0.15, 0.2) is 6.20 Å². The standard InChI is InChI=1S/C13H21N3/c1-2-7-14-11(6-1)8-12-9-15-13(16-12)10-4-3-5-10/h9-11,14H,1-8H2,(H,15,16). The van der Waals surface area contributed by atoms with Crippen LogP contribution in [0.1, 0.15) is 56.0 Å². The Labute approximate surface area is 97.0 Å². The molecule has 3 nitrogen and oxygen atoms in total. The molecule has 1 unspecified atom stereocenters. The zero-order valence-electron chi connectivity index (χ0n) is 9.84. The number of aromatic amines is 1. The number of aromatic nitrogens is 2. The summed E-state index contributed by atoms with van der Waals surface area (Å²) in [4.78, 5) is 8.03. The van der Waals surface area contributed by atoms with Gasteiger partial charge in [-0.25, -0.2) is 4.98 Å². The molecule has 0 radical (unpaired) electrons. The van der Waals surface area contributed by atoms with Gasteiger partial charge in [0.25, 0.3) is 0 Å². The van der Waals surface area contributed by atoms with E-state index in [-0.39, 0.29) is 0 Å². The molecule has 0 spiro atoms. The summed E-state index contributed by atoms with van der Waals surface area (Å²) in [6, 6.07) is 0.670. The van der Waals surface area contributed by atoms with E-state index >= 15 is 0 Å². The third kappa shape index (κ3) is 2.14. The summed E-state index contributed by atoms with van der Waals surface area (Å²) in [6.07, 6.45) is 11.2. The lowest BCUT2D eigenvalue weighted by molar-refractivity contribution is 0.393. The maximum absolute atomic E-state index is 4.52. The predicted molar refractivity (Wildman–Crippen MR) is 64.5 cm³/mol. The maximum atomic E-state index is 4.52. The zero-order chi connectivity index (χ0) is 10.8. The smallest absolute Gasteiger partial charge is 0.109 e. The molecule has 1 saturated carbocycles. The second kappa shape index (κ2) is 4.58. The molecular weight excluding hydrogens is 198 g/mol. The van der Waals surface area contributed by atoms with Crippen molar-refractivity contribution >= 4 is 0 Å². The molecular formula is C13H21N3. The monoisotopic (exact) mass is 219 g/mol. The number of imidazole rings is 1. The Morgan fingerprint density at radius 2 is 2.12 bits per heavy atom. The first-order chi connectivity index (χ1) is 7.92. The van der Waals surface area contributed by atoms with Gasteiger partial charge >= 0.3 is 0 Å². The average Bonchev–Trinajstić information content (AvgIpc) is 2.65. The van der Waals surface area contributed by atoms with Gasteiger partial charge < -0.3 is 10.3 Å². The molecule has 1 aromatic heterocycles. The van der Waals surface area contributed by atoms with E-state index in [1.165, 1.54) is 56.6 Å². The first kappa shape index (κ1) is 10.3. The minimum absolute atomic E-state index is 0.670. The van der Waals surface area contributed by atoms with Gasteiger partial charge in [0.1, 0.15) is 5.82 Å². The van der Waals surface area contributed by atoms with Crippen molar-refractivity contribution in [2.75, 3.05) is 6.54 Å². The second-order valence-electron chi connectivity index (χ2n) is 5.27. The van der Waals surface area contributed by atoms with Gasteiger partial charge in [-0.1, -0.05) is 12.8 Å². The summed E-state index contributed by atoms with van der Waals surface area (Å²) in [5, 5.41) is 3.59. The lowest BCUT2D eigenvalue weighted by Gasteiger charge is -2.24. The van der Waals surface area contributed by atoms with E-state index in [4.69, 9.17) is 0 Å². The van der Waals surface area contributed by atoms with Gasteiger partial charge in [0, 0.05) is 30.3 Å². The second-order valence-corrected chi connectivity index (χ2v) is 5.27. The largest absolute Gasteiger partial charge is 0.346 e. The molecule has 1 aliphatic carbocycles. The summed E-state index contributed by atoms with van der Waals surface area (Å²) >= 11 is 0. The highest BCUT2D eigenvalue weighted by atomic mass is 15.0. The zero-order valence-corrected chi connectivity index (χ0v) is 9.84. The van der Waals surface area contributed by atoms with Crippen molar-refractivity contribution in [1.82, 2.24) is 15.3 Å². The Morgan fingerprint density at radius 3 is 2.81 bits per heavy atom. The van der Waals surface area contributed by atoms with Crippen LogP contribution in [0, 0.1) is 0 Å². The Morgan fingerprint density at radius 1 is 1.19 bits per heavy atom. The molecule has 3 rings (SSSR count). The molecule has 2 heterocycles. The molecule has 3 heteroatoms. The summed E-state index contributed by atoms with van der Waals surface area (Å²) in [6.45, 7) is 1.19. The number of hydrogen-bond acceptors (Lipinski definition) is 2. The van der Waals surface area contributed by atoms with Gasteiger partial charge in [0.15, 0.2) is 0 Å². The fourth-order valence-electron chi connectivity index (χ4n) is 2.73. The molecule has 1 atom stereocenters. The van der Waals surface area contributed by atoms with Crippen LogP contribution in [0.4, 0.5) is 0 Å². The molecule has 16 heavy (non-hydrogen) atoms. The molecule has 1 saturated heterocycles. The third-order valence-corrected chi connectivity index (χ3v) is 4.02. The fourth-order valence-corrected chi connectivity index (χ4v) is 2.73. The lowest BCUT2D eigenvalue weighted by atomic mass is 9.85. The molecule has 2 aliphatic rings. The Hall–Kier alpha value is -0.830. The summed E-state index contributed by atoms with van der Waals surface area (Å²) in [7, 11) is 0. The van der Waals surface area contributed by atoms with Crippen LogP contribution in [0.3, 0.4) is 0 Å². The highest BCUT2D eigenvalue weighted by Gasteiger charge is 2.22. The molecule has 0 amide bonds. The number of piperidine rings is 1. The quantitative estimate of drug-likeness (QED) is 0.819. The molecule has 2 fully saturated rings. The molecule has 0 aromatic carbocycles. The van der Waals surface area contributed by atoms with Crippen molar-refractivity contribution in [3.63, 3.8) is 0 Å². The maximum Gasteiger partial charge on any atom is 0.109 e. The predicted octanol–water partition coefficient (Wildman–Crippen LogP) is 2.36. The summed E-state index contributed by atoms with van der Waals surface area (Å²) in [5.74, 6) is 1.96. The van der Waals surface area contributed by atoms with Crippen molar-refractivity contribution < 1.29 is 0 Å². The number of nitrogens with zero attached hydrogens (tertiary/aromatic N) is 1.